The summed E-state index contributed by atoms with van der Waals surface area (Å²) >= 11 is 5.71. The molecule has 22 heavy (non-hydrogen) atoms. The summed E-state index contributed by atoms with van der Waals surface area (Å²) in [5, 5.41) is 0.553. The van der Waals surface area contributed by atoms with Crippen LogP contribution in [0, 0.1) is 0 Å². The van der Waals surface area contributed by atoms with E-state index in [-0.39, 0.29) is 13.2 Å². The van der Waals surface area contributed by atoms with Gasteiger partial charge in [-0.1, -0.05) is 11.6 Å². The van der Waals surface area contributed by atoms with Crippen molar-refractivity contribution in [2.45, 2.75) is 6.92 Å². The van der Waals surface area contributed by atoms with E-state index in [1.165, 1.54) is 0 Å². The molecule has 1 aromatic rings. The van der Waals surface area contributed by atoms with Crippen LogP contribution < -0.4 is 15.6 Å². The first-order valence-corrected chi connectivity index (χ1v) is 6.71. The number of amides is 2. The van der Waals surface area contributed by atoms with Gasteiger partial charge in [0.15, 0.2) is 6.61 Å². The monoisotopic (exact) mass is 326 g/mol. The summed E-state index contributed by atoms with van der Waals surface area (Å²) in [5.41, 5.74) is 4.22. The Hall–Kier alpha value is -2.54. The molecule has 2 amide bonds. The molecule has 8 heteroatoms. The first kappa shape index (κ1) is 17.5. The summed E-state index contributed by atoms with van der Waals surface area (Å²) in [6.07, 6.45) is 1.90. The Morgan fingerprint density at radius 1 is 1.14 bits per heavy atom. The fourth-order valence-corrected chi connectivity index (χ4v) is 1.35. The van der Waals surface area contributed by atoms with Gasteiger partial charge in [-0.15, -0.1) is 0 Å². The Bertz CT molecular complexity index is 557. The molecule has 0 aliphatic rings. The lowest BCUT2D eigenvalue weighted by atomic mass is 10.3. The molecule has 0 aliphatic carbocycles. The fraction of sp³-hybridized carbons (Fsp3) is 0.214. The Kier molecular flexibility index (Phi) is 7.49. The van der Waals surface area contributed by atoms with Gasteiger partial charge in [-0.25, -0.2) is 4.79 Å². The van der Waals surface area contributed by atoms with E-state index >= 15 is 0 Å². The highest BCUT2D eigenvalue weighted by atomic mass is 35.5. The van der Waals surface area contributed by atoms with E-state index in [9.17, 15) is 14.4 Å². The zero-order chi connectivity index (χ0) is 16.4. The van der Waals surface area contributed by atoms with Crippen LogP contribution in [0.3, 0.4) is 0 Å². The number of carbonyl (C=O) groups excluding carboxylic acids is 3. The zero-order valence-electron chi connectivity index (χ0n) is 11.8. The average Bonchev–Trinajstić information content (AvgIpc) is 2.50. The summed E-state index contributed by atoms with van der Waals surface area (Å²) in [6.45, 7) is 1.57. The van der Waals surface area contributed by atoms with Gasteiger partial charge in [0.2, 0.25) is 0 Å². The van der Waals surface area contributed by atoms with Crippen LogP contribution in [0.2, 0.25) is 5.02 Å². The molecular weight excluding hydrogens is 312 g/mol. The predicted octanol–water partition coefficient (Wildman–Crippen LogP) is 0.986. The smallest absolute Gasteiger partial charge is 0.330 e. The van der Waals surface area contributed by atoms with Crippen LogP contribution in [0.25, 0.3) is 0 Å². The molecular formula is C14H15ClN2O5. The summed E-state index contributed by atoms with van der Waals surface area (Å²) < 4.78 is 9.76. The first-order chi connectivity index (χ1) is 10.5. The Morgan fingerprint density at radius 3 is 2.45 bits per heavy atom. The maximum Gasteiger partial charge on any atom is 0.330 e. The first-order valence-electron chi connectivity index (χ1n) is 6.33. The molecule has 0 atom stereocenters. The van der Waals surface area contributed by atoms with Crippen LogP contribution in [0.15, 0.2) is 36.4 Å². The highest BCUT2D eigenvalue weighted by Gasteiger charge is 2.04. The van der Waals surface area contributed by atoms with Crippen LogP contribution in [0.5, 0.6) is 5.75 Å². The number of benzene rings is 1. The van der Waals surface area contributed by atoms with Crippen molar-refractivity contribution in [3.63, 3.8) is 0 Å². The summed E-state index contributed by atoms with van der Waals surface area (Å²) in [7, 11) is 0. The molecule has 0 aromatic heterocycles. The van der Waals surface area contributed by atoms with Crippen molar-refractivity contribution in [2.75, 3.05) is 13.2 Å². The zero-order valence-corrected chi connectivity index (χ0v) is 12.6. The van der Waals surface area contributed by atoms with E-state index in [0.29, 0.717) is 10.8 Å². The molecule has 0 unspecified atom stereocenters. The number of hydrogen-bond acceptors (Lipinski definition) is 5. The van der Waals surface area contributed by atoms with E-state index < -0.39 is 17.8 Å². The van der Waals surface area contributed by atoms with Gasteiger partial charge in [0, 0.05) is 17.2 Å². The molecule has 0 fully saturated rings. The molecule has 118 valence electrons. The molecule has 0 saturated carbocycles. The number of rotatable bonds is 6. The SMILES string of the molecule is CCOC(=O)/C=C\C(=O)NNC(=O)COc1ccc(Cl)cc1. The van der Waals surface area contributed by atoms with Crippen molar-refractivity contribution >= 4 is 29.4 Å². The molecule has 0 spiro atoms. The Labute approximate surface area is 132 Å². The molecule has 1 aromatic carbocycles. The second kappa shape index (κ2) is 9.41. The van der Waals surface area contributed by atoms with E-state index in [4.69, 9.17) is 16.3 Å². The van der Waals surface area contributed by atoms with E-state index in [2.05, 4.69) is 15.6 Å². The number of esters is 1. The largest absolute Gasteiger partial charge is 0.484 e. The Balaban J connectivity index is 2.26. The average molecular weight is 327 g/mol. The second-order valence-corrected chi connectivity index (χ2v) is 4.30. The van der Waals surface area contributed by atoms with Gasteiger partial charge < -0.3 is 9.47 Å². The normalized spacial score (nSPS) is 10.1. The molecule has 1 rings (SSSR count). The standard InChI is InChI=1S/C14H15ClN2O5/c1-2-21-14(20)8-7-12(18)16-17-13(19)9-22-11-5-3-10(15)4-6-11/h3-8H,2,9H2,1H3,(H,16,18)(H,17,19)/b8-7-. The lowest BCUT2D eigenvalue weighted by Gasteiger charge is -2.07. The minimum atomic E-state index is -0.673. The number of hydrogen-bond donors (Lipinski definition) is 2. The van der Waals surface area contributed by atoms with E-state index in [1.54, 1.807) is 31.2 Å². The van der Waals surface area contributed by atoms with Gasteiger partial charge in [0.1, 0.15) is 5.75 Å². The quantitative estimate of drug-likeness (QED) is 0.462. The third kappa shape index (κ3) is 7.30. The van der Waals surface area contributed by atoms with E-state index in [0.717, 1.165) is 12.2 Å². The Morgan fingerprint density at radius 2 is 1.82 bits per heavy atom. The maximum atomic E-state index is 11.4. The minimum absolute atomic E-state index is 0.212. The van der Waals surface area contributed by atoms with Gasteiger partial charge in [-0.05, 0) is 31.2 Å². The topological polar surface area (TPSA) is 93.7 Å². The van der Waals surface area contributed by atoms with Gasteiger partial charge in [0.05, 0.1) is 6.61 Å². The van der Waals surface area contributed by atoms with Crippen molar-refractivity contribution in [3.05, 3.63) is 41.4 Å². The molecule has 2 N–H and O–H groups in total. The van der Waals surface area contributed by atoms with Crippen molar-refractivity contribution in [1.82, 2.24) is 10.9 Å². The van der Waals surface area contributed by atoms with Gasteiger partial charge in [0.25, 0.3) is 11.8 Å². The molecule has 7 nitrogen and oxygen atoms in total. The molecule has 0 saturated heterocycles. The maximum absolute atomic E-state index is 11.4. The van der Waals surface area contributed by atoms with Crippen molar-refractivity contribution in [3.8, 4) is 5.75 Å². The fourth-order valence-electron chi connectivity index (χ4n) is 1.22. The number of carbonyl (C=O) groups is 3. The lowest BCUT2D eigenvalue weighted by molar-refractivity contribution is -0.137. The second-order valence-electron chi connectivity index (χ2n) is 3.87. The highest BCUT2D eigenvalue weighted by molar-refractivity contribution is 6.30. The van der Waals surface area contributed by atoms with Crippen LogP contribution in [-0.2, 0) is 19.1 Å². The molecule has 0 aliphatic heterocycles. The number of nitrogens with one attached hydrogen (secondary N) is 2. The van der Waals surface area contributed by atoms with Crippen LogP contribution in [0.1, 0.15) is 6.92 Å². The highest BCUT2D eigenvalue weighted by Crippen LogP contribution is 2.15. The van der Waals surface area contributed by atoms with Crippen molar-refractivity contribution in [2.24, 2.45) is 0 Å². The van der Waals surface area contributed by atoms with Crippen molar-refractivity contribution < 1.29 is 23.9 Å². The number of ether oxygens (including phenoxy) is 2. The van der Waals surface area contributed by atoms with Gasteiger partial charge in [-0.3, -0.25) is 20.4 Å². The minimum Gasteiger partial charge on any atom is -0.484 e. The summed E-state index contributed by atoms with van der Waals surface area (Å²) in [4.78, 5) is 33.7. The summed E-state index contributed by atoms with van der Waals surface area (Å²) in [5.74, 6) is -1.41. The van der Waals surface area contributed by atoms with E-state index in [1.807, 2.05) is 0 Å². The molecule has 0 bridgehead atoms. The number of halogens is 1. The van der Waals surface area contributed by atoms with Gasteiger partial charge >= 0.3 is 5.97 Å². The van der Waals surface area contributed by atoms with Crippen LogP contribution in [0.4, 0.5) is 0 Å². The van der Waals surface area contributed by atoms with Gasteiger partial charge in [-0.2, -0.15) is 0 Å². The summed E-state index contributed by atoms with van der Waals surface area (Å²) in [6, 6.07) is 6.46. The van der Waals surface area contributed by atoms with Crippen LogP contribution >= 0.6 is 11.6 Å². The molecule has 0 heterocycles. The van der Waals surface area contributed by atoms with Crippen molar-refractivity contribution in [1.29, 1.82) is 0 Å². The predicted molar refractivity (Wildman–Crippen MR) is 79.0 cm³/mol. The molecule has 0 radical (unpaired) electrons. The third-order valence-corrected chi connectivity index (χ3v) is 2.42. The lowest BCUT2D eigenvalue weighted by Crippen LogP contribution is -2.43. The van der Waals surface area contributed by atoms with Crippen LogP contribution in [-0.4, -0.2) is 31.0 Å². The number of hydrazine groups is 1. The third-order valence-electron chi connectivity index (χ3n) is 2.17.